The zero-order valence-electron chi connectivity index (χ0n) is 11.2. The fourth-order valence-electron chi connectivity index (χ4n) is 2.36. The Morgan fingerprint density at radius 2 is 2.16 bits per heavy atom. The van der Waals surface area contributed by atoms with E-state index in [-0.39, 0.29) is 0 Å². The Labute approximate surface area is 118 Å². The molecule has 3 nitrogen and oxygen atoms in total. The number of benzene rings is 1. The Kier molecular flexibility index (Phi) is 3.03. The lowest BCUT2D eigenvalue weighted by Gasteiger charge is -2.20. The molecule has 2 heterocycles. The highest BCUT2D eigenvalue weighted by atomic mass is 35.5. The van der Waals surface area contributed by atoms with Crippen molar-refractivity contribution in [2.45, 2.75) is 32.3 Å². The van der Waals surface area contributed by atoms with Gasteiger partial charge >= 0.3 is 7.12 Å². The minimum Gasteiger partial charge on any atom is -0.534 e. The minimum absolute atomic E-state index is 0.484. The summed E-state index contributed by atoms with van der Waals surface area (Å²) in [5.41, 5.74) is 1.41. The Morgan fingerprint density at radius 3 is 2.84 bits per heavy atom. The SMILES string of the molecule is C=C1OB(c2ccc3c(c2Cl)CCCO3)OC1(C)C. The first kappa shape index (κ1) is 12.9. The molecule has 100 valence electrons. The van der Waals surface area contributed by atoms with Crippen LogP contribution in [0.3, 0.4) is 0 Å². The second-order valence-electron chi connectivity index (χ2n) is 5.40. The summed E-state index contributed by atoms with van der Waals surface area (Å²) in [6, 6.07) is 3.85. The van der Waals surface area contributed by atoms with E-state index >= 15 is 0 Å². The third kappa shape index (κ3) is 2.13. The highest BCUT2D eigenvalue weighted by Crippen LogP contribution is 2.34. The molecule has 5 heteroatoms. The van der Waals surface area contributed by atoms with Crippen LogP contribution in [0.4, 0.5) is 0 Å². The Balaban J connectivity index is 1.96. The average Bonchev–Trinajstić information content (AvgIpc) is 2.64. The molecule has 0 spiro atoms. The standard InChI is InChI=1S/C14H16BClO3/c1-9-14(2,3)19-15(18-9)11-6-7-12-10(13(11)16)5-4-8-17-12/h6-7H,1,4-5,8H2,2-3H3. The summed E-state index contributed by atoms with van der Waals surface area (Å²) < 4.78 is 17.2. The summed E-state index contributed by atoms with van der Waals surface area (Å²) in [4.78, 5) is 0. The largest absolute Gasteiger partial charge is 0.564 e. The molecule has 2 aliphatic rings. The third-order valence-electron chi connectivity index (χ3n) is 3.64. The summed E-state index contributed by atoms with van der Waals surface area (Å²) in [6.45, 7) is 8.51. The van der Waals surface area contributed by atoms with Crippen LogP contribution in [0, 0.1) is 0 Å². The molecule has 1 fully saturated rings. The quantitative estimate of drug-likeness (QED) is 0.739. The summed E-state index contributed by atoms with van der Waals surface area (Å²) in [7, 11) is -0.484. The van der Waals surface area contributed by atoms with Crippen molar-refractivity contribution in [3.05, 3.63) is 35.1 Å². The van der Waals surface area contributed by atoms with Crippen LogP contribution in [0.5, 0.6) is 5.75 Å². The zero-order chi connectivity index (χ0) is 13.6. The minimum atomic E-state index is -0.486. The highest BCUT2D eigenvalue weighted by Gasteiger charge is 2.44. The molecule has 2 aliphatic heterocycles. The number of hydrogen-bond donors (Lipinski definition) is 0. The molecular formula is C14H16BClO3. The van der Waals surface area contributed by atoms with Gasteiger partial charge in [-0.3, -0.25) is 0 Å². The Morgan fingerprint density at radius 1 is 1.37 bits per heavy atom. The van der Waals surface area contributed by atoms with Gasteiger partial charge < -0.3 is 14.0 Å². The van der Waals surface area contributed by atoms with Crippen LogP contribution in [-0.2, 0) is 15.7 Å². The molecule has 1 aromatic rings. The van der Waals surface area contributed by atoms with Crippen LogP contribution in [0.2, 0.25) is 5.02 Å². The van der Waals surface area contributed by atoms with Crippen molar-refractivity contribution in [3.63, 3.8) is 0 Å². The van der Waals surface area contributed by atoms with E-state index in [0.717, 1.165) is 36.2 Å². The normalized spacial score (nSPS) is 20.8. The second kappa shape index (κ2) is 4.46. The lowest BCUT2D eigenvalue weighted by atomic mass is 9.77. The molecule has 19 heavy (non-hydrogen) atoms. The molecule has 0 bridgehead atoms. The number of rotatable bonds is 1. The van der Waals surface area contributed by atoms with Crippen molar-refractivity contribution >= 4 is 24.2 Å². The number of halogens is 1. The lowest BCUT2D eigenvalue weighted by molar-refractivity contribution is 0.173. The Bertz CT molecular complexity index is 542. The van der Waals surface area contributed by atoms with E-state index in [2.05, 4.69) is 6.58 Å². The van der Waals surface area contributed by atoms with Gasteiger partial charge in [-0.05, 0) is 32.8 Å². The summed E-state index contributed by atoms with van der Waals surface area (Å²) in [5, 5.41) is 0.688. The molecule has 0 aliphatic carbocycles. The van der Waals surface area contributed by atoms with Crippen molar-refractivity contribution in [3.8, 4) is 5.75 Å². The van der Waals surface area contributed by atoms with Gasteiger partial charge in [-0.1, -0.05) is 24.2 Å². The van der Waals surface area contributed by atoms with Gasteiger partial charge in [-0.2, -0.15) is 0 Å². The zero-order valence-corrected chi connectivity index (χ0v) is 11.9. The maximum atomic E-state index is 6.48. The number of fused-ring (bicyclic) bond motifs is 1. The van der Waals surface area contributed by atoms with Gasteiger partial charge in [0.25, 0.3) is 0 Å². The van der Waals surface area contributed by atoms with Gasteiger partial charge in [0.2, 0.25) is 0 Å². The van der Waals surface area contributed by atoms with E-state index in [1.807, 2.05) is 26.0 Å². The van der Waals surface area contributed by atoms with Gasteiger partial charge in [0.15, 0.2) is 0 Å². The topological polar surface area (TPSA) is 27.7 Å². The van der Waals surface area contributed by atoms with Crippen LogP contribution in [0.25, 0.3) is 0 Å². The molecule has 1 aromatic carbocycles. The fraction of sp³-hybridized carbons (Fsp3) is 0.429. The monoisotopic (exact) mass is 278 g/mol. The van der Waals surface area contributed by atoms with Crippen molar-refractivity contribution in [2.75, 3.05) is 6.61 Å². The number of hydrogen-bond acceptors (Lipinski definition) is 3. The maximum Gasteiger partial charge on any atom is 0.564 e. The van der Waals surface area contributed by atoms with E-state index in [0.29, 0.717) is 10.8 Å². The van der Waals surface area contributed by atoms with Crippen LogP contribution in [0.15, 0.2) is 24.5 Å². The predicted octanol–water partition coefficient (Wildman–Crippen LogP) is 2.70. The average molecular weight is 279 g/mol. The second-order valence-corrected chi connectivity index (χ2v) is 5.78. The summed E-state index contributed by atoms with van der Waals surface area (Å²) in [5.74, 6) is 1.50. The summed E-state index contributed by atoms with van der Waals surface area (Å²) >= 11 is 6.48. The molecule has 3 rings (SSSR count). The molecule has 0 amide bonds. The van der Waals surface area contributed by atoms with Gasteiger partial charge in [-0.25, -0.2) is 0 Å². The van der Waals surface area contributed by atoms with Crippen LogP contribution in [-0.4, -0.2) is 19.3 Å². The molecule has 1 saturated heterocycles. The van der Waals surface area contributed by atoms with Crippen LogP contribution < -0.4 is 10.2 Å². The third-order valence-corrected chi connectivity index (χ3v) is 4.08. The van der Waals surface area contributed by atoms with E-state index < -0.39 is 12.7 Å². The van der Waals surface area contributed by atoms with Crippen molar-refractivity contribution in [1.82, 2.24) is 0 Å². The highest BCUT2D eigenvalue weighted by molar-refractivity contribution is 6.66. The first-order valence-electron chi connectivity index (χ1n) is 6.47. The van der Waals surface area contributed by atoms with Crippen molar-refractivity contribution in [1.29, 1.82) is 0 Å². The molecule has 0 saturated carbocycles. The van der Waals surface area contributed by atoms with E-state index in [1.54, 1.807) is 0 Å². The van der Waals surface area contributed by atoms with E-state index in [9.17, 15) is 0 Å². The predicted molar refractivity (Wildman–Crippen MR) is 76.0 cm³/mol. The maximum absolute atomic E-state index is 6.48. The van der Waals surface area contributed by atoms with Crippen LogP contribution in [0.1, 0.15) is 25.8 Å². The number of ether oxygens (including phenoxy) is 1. The van der Waals surface area contributed by atoms with Gasteiger partial charge in [0, 0.05) is 16.0 Å². The molecule has 0 radical (unpaired) electrons. The molecule has 0 unspecified atom stereocenters. The van der Waals surface area contributed by atoms with Crippen LogP contribution >= 0.6 is 11.6 Å². The molecular weight excluding hydrogens is 262 g/mol. The van der Waals surface area contributed by atoms with Gasteiger partial charge in [-0.15, -0.1) is 0 Å². The van der Waals surface area contributed by atoms with Crippen molar-refractivity contribution in [2.24, 2.45) is 0 Å². The molecule has 0 aromatic heterocycles. The van der Waals surface area contributed by atoms with E-state index in [4.69, 9.17) is 25.6 Å². The Hall–Kier alpha value is -1.13. The molecule has 0 N–H and O–H groups in total. The first-order chi connectivity index (χ1) is 8.99. The van der Waals surface area contributed by atoms with E-state index in [1.165, 1.54) is 0 Å². The molecule has 0 atom stereocenters. The van der Waals surface area contributed by atoms with Gasteiger partial charge in [0.1, 0.15) is 11.4 Å². The summed E-state index contributed by atoms with van der Waals surface area (Å²) in [6.07, 6.45) is 1.92. The van der Waals surface area contributed by atoms with Gasteiger partial charge in [0.05, 0.1) is 12.4 Å². The van der Waals surface area contributed by atoms with Crippen molar-refractivity contribution < 1.29 is 14.0 Å². The smallest absolute Gasteiger partial charge is 0.534 e. The lowest BCUT2D eigenvalue weighted by Crippen LogP contribution is -2.36. The fourth-order valence-corrected chi connectivity index (χ4v) is 2.70. The first-order valence-corrected chi connectivity index (χ1v) is 6.85.